The zero-order chi connectivity index (χ0) is 22.7. The van der Waals surface area contributed by atoms with Crippen LogP contribution in [0.2, 0.25) is 5.02 Å². The van der Waals surface area contributed by atoms with Crippen molar-refractivity contribution < 1.29 is 4.79 Å². The fourth-order valence-corrected chi connectivity index (χ4v) is 5.07. The number of hydrogen-bond acceptors (Lipinski definition) is 4. The zero-order valence-electron chi connectivity index (χ0n) is 19.1. The normalized spacial score (nSPS) is 20.0. The number of nitrogens with one attached hydrogen (secondary N) is 1. The first-order valence-electron chi connectivity index (χ1n) is 11.6. The molecule has 1 amide bonds. The molecule has 0 spiro atoms. The Labute approximate surface area is 196 Å². The van der Waals surface area contributed by atoms with E-state index in [0.29, 0.717) is 11.9 Å². The Hall–Kier alpha value is -2.37. The molecule has 5 nitrogen and oxygen atoms in total. The SMILES string of the molecule is C=C1CC[C@H](C(=O)Nc2cc(CC)ccn2)N1C1CCN(Cc2ccc(Cl)c(C)c2)CC1. The maximum Gasteiger partial charge on any atom is 0.248 e. The van der Waals surface area contributed by atoms with Crippen molar-refractivity contribution in [1.29, 1.82) is 0 Å². The standard InChI is InChI=1S/C26H33ClN4O/c1-4-20-9-12-28-25(16-20)29-26(32)24-8-5-19(3)31(24)22-10-13-30(14-11-22)17-21-6-7-23(27)18(2)15-21/h6-7,9,12,15-16,22,24H,3-5,8,10-11,13-14,17H2,1-2H3,(H,28,29,32)/t24-/m1/s1. The van der Waals surface area contributed by atoms with E-state index in [1.807, 2.05) is 18.2 Å². The number of pyridine rings is 1. The summed E-state index contributed by atoms with van der Waals surface area (Å²) in [6, 6.07) is 10.4. The van der Waals surface area contributed by atoms with Gasteiger partial charge in [-0.05, 0) is 73.9 Å². The first-order valence-corrected chi connectivity index (χ1v) is 12.0. The van der Waals surface area contributed by atoms with E-state index in [1.54, 1.807) is 6.20 Å². The second kappa shape index (κ2) is 10.1. The van der Waals surface area contributed by atoms with Crippen molar-refractivity contribution in [2.24, 2.45) is 0 Å². The molecule has 0 aliphatic carbocycles. The lowest BCUT2D eigenvalue weighted by atomic mass is 10.0. The second-order valence-corrected chi connectivity index (χ2v) is 9.42. The van der Waals surface area contributed by atoms with Crippen LogP contribution in [0.15, 0.2) is 48.8 Å². The number of hydrogen-bond donors (Lipinski definition) is 1. The molecule has 0 unspecified atom stereocenters. The third-order valence-electron chi connectivity index (χ3n) is 6.77. The molecular weight excluding hydrogens is 420 g/mol. The number of amides is 1. The highest BCUT2D eigenvalue weighted by Gasteiger charge is 2.38. The van der Waals surface area contributed by atoms with Gasteiger partial charge in [-0.15, -0.1) is 0 Å². The summed E-state index contributed by atoms with van der Waals surface area (Å²) in [5.74, 6) is 0.670. The molecule has 170 valence electrons. The third-order valence-corrected chi connectivity index (χ3v) is 7.20. The van der Waals surface area contributed by atoms with Crippen LogP contribution < -0.4 is 5.32 Å². The first kappa shape index (κ1) is 22.8. The van der Waals surface area contributed by atoms with Crippen molar-refractivity contribution >= 4 is 23.3 Å². The monoisotopic (exact) mass is 452 g/mol. The Balaban J connectivity index is 1.36. The van der Waals surface area contributed by atoms with Gasteiger partial charge in [0.05, 0.1) is 0 Å². The second-order valence-electron chi connectivity index (χ2n) is 9.01. The number of allylic oxidation sites excluding steroid dienone is 1. The smallest absolute Gasteiger partial charge is 0.248 e. The molecule has 0 bridgehead atoms. The van der Waals surface area contributed by atoms with E-state index in [1.165, 1.54) is 11.1 Å². The van der Waals surface area contributed by atoms with Gasteiger partial charge in [-0.25, -0.2) is 4.98 Å². The molecule has 1 atom stereocenters. The average Bonchev–Trinajstić information content (AvgIpc) is 3.18. The number of halogens is 1. The van der Waals surface area contributed by atoms with E-state index >= 15 is 0 Å². The molecule has 1 N–H and O–H groups in total. The minimum Gasteiger partial charge on any atom is -0.360 e. The lowest BCUT2D eigenvalue weighted by Gasteiger charge is -2.40. The fraction of sp³-hybridized carbons (Fsp3) is 0.462. The summed E-state index contributed by atoms with van der Waals surface area (Å²) < 4.78 is 0. The summed E-state index contributed by atoms with van der Waals surface area (Å²) in [6.45, 7) is 11.4. The number of aryl methyl sites for hydroxylation is 2. The highest BCUT2D eigenvalue weighted by molar-refractivity contribution is 6.31. The van der Waals surface area contributed by atoms with Gasteiger partial charge in [0.2, 0.25) is 5.91 Å². The van der Waals surface area contributed by atoms with Crippen LogP contribution in [0, 0.1) is 6.92 Å². The lowest BCUT2D eigenvalue weighted by molar-refractivity contribution is -0.121. The molecule has 2 aromatic rings. The van der Waals surface area contributed by atoms with Crippen LogP contribution in [0.1, 0.15) is 49.3 Å². The van der Waals surface area contributed by atoms with Crippen molar-refractivity contribution in [3.63, 3.8) is 0 Å². The molecule has 3 heterocycles. The van der Waals surface area contributed by atoms with E-state index in [9.17, 15) is 4.79 Å². The van der Waals surface area contributed by atoms with Gasteiger partial charge in [0.1, 0.15) is 11.9 Å². The maximum absolute atomic E-state index is 13.1. The van der Waals surface area contributed by atoms with Crippen molar-refractivity contribution in [1.82, 2.24) is 14.8 Å². The average molecular weight is 453 g/mol. The lowest BCUT2D eigenvalue weighted by Crippen LogP contribution is -2.49. The molecule has 0 radical (unpaired) electrons. The Morgan fingerprint density at radius 3 is 2.69 bits per heavy atom. The third kappa shape index (κ3) is 5.16. The van der Waals surface area contributed by atoms with E-state index in [2.05, 4.69) is 52.7 Å². The topological polar surface area (TPSA) is 48.5 Å². The molecule has 2 aliphatic rings. The van der Waals surface area contributed by atoms with E-state index in [-0.39, 0.29) is 11.9 Å². The number of carbonyl (C=O) groups is 1. The van der Waals surface area contributed by atoms with E-state index < -0.39 is 0 Å². The van der Waals surface area contributed by atoms with Crippen molar-refractivity contribution in [2.75, 3.05) is 18.4 Å². The molecule has 2 saturated heterocycles. The zero-order valence-corrected chi connectivity index (χ0v) is 19.9. The van der Waals surface area contributed by atoms with Gasteiger partial charge in [-0.1, -0.05) is 37.2 Å². The van der Waals surface area contributed by atoms with Crippen molar-refractivity contribution in [2.45, 2.75) is 64.6 Å². The summed E-state index contributed by atoms with van der Waals surface area (Å²) in [5, 5.41) is 3.87. The minimum absolute atomic E-state index is 0.0310. The van der Waals surface area contributed by atoms with Crippen LogP contribution in [0.25, 0.3) is 0 Å². The van der Waals surface area contributed by atoms with Crippen LogP contribution in [0.4, 0.5) is 5.82 Å². The van der Waals surface area contributed by atoms with Crippen LogP contribution >= 0.6 is 11.6 Å². The van der Waals surface area contributed by atoms with Gasteiger partial charge in [0.15, 0.2) is 0 Å². The largest absolute Gasteiger partial charge is 0.360 e. The number of likely N-dealkylation sites (tertiary alicyclic amines) is 2. The number of piperidine rings is 1. The van der Waals surface area contributed by atoms with Crippen molar-refractivity contribution in [3.8, 4) is 0 Å². The van der Waals surface area contributed by atoms with Gasteiger partial charge in [0, 0.05) is 42.6 Å². The van der Waals surface area contributed by atoms with Gasteiger partial charge >= 0.3 is 0 Å². The molecule has 1 aromatic carbocycles. The minimum atomic E-state index is -0.162. The van der Waals surface area contributed by atoms with Gasteiger partial charge < -0.3 is 10.2 Å². The number of aromatic nitrogens is 1. The number of benzene rings is 1. The first-order chi connectivity index (χ1) is 15.4. The number of nitrogens with zero attached hydrogens (tertiary/aromatic N) is 3. The van der Waals surface area contributed by atoms with Crippen LogP contribution in [0.3, 0.4) is 0 Å². The van der Waals surface area contributed by atoms with Crippen LogP contribution in [0.5, 0.6) is 0 Å². The molecule has 2 aliphatic heterocycles. The summed E-state index contributed by atoms with van der Waals surface area (Å²) >= 11 is 6.17. The molecule has 0 saturated carbocycles. The quantitative estimate of drug-likeness (QED) is 0.655. The van der Waals surface area contributed by atoms with Gasteiger partial charge in [0.25, 0.3) is 0 Å². The number of rotatable bonds is 6. The fourth-order valence-electron chi connectivity index (χ4n) is 4.95. The Morgan fingerprint density at radius 1 is 1.19 bits per heavy atom. The Morgan fingerprint density at radius 2 is 1.97 bits per heavy atom. The summed E-state index contributed by atoms with van der Waals surface area (Å²) in [7, 11) is 0. The molecule has 6 heteroatoms. The van der Waals surface area contributed by atoms with Crippen LogP contribution in [-0.4, -0.2) is 45.9 Å². The molecule has 1 aromatic heterocycles. The number of carbonyl (C=O) groups excluding carboxylic acids is 1. The van der Waals surface area contributed by atoms with E-state index in [4.69, 9.17) is 11.6 Å². The van der Waals surface area contributed by atoms with Gasteiger partial charge in [-0.3, -0.25) is 9.69 Å². The summed E-state index contributed by atoms with van der Waals surface area (Å²) in [5.41, 5.74) is 4.69. The van der Waals surface area contributed by atoms with E-state index in [0.717, 1.165) is 68.0 Å². The van der Waals surface area contributed by atoms with Crippen molar-refractivity contribution in [3.05, 3.63) is 70.5 Å². The summed E-state index contributed by atoms with van der Waals surface area (Å²) in [4.78, 5) is 22.2. The Bertz CT molecular complexity index is 984. The predicted molar refractivity (Wildman–Crippen MR) is 131 cm³/mol. The summed E-state index contributed by atoms with van der Waals surface area (Å²) in [6.07, 6.45) is 6.47. The molecule has 32 heavy (non-hydrogen) atoms. The molecular formula is C26H33ClN4O. The highest BCUT2D eigenvalue weighted by Crippen LogP contribution is 2.33. The predicted octanol–water partition coefficient (Wildman–Crippen LogP) is 5.19. The van der Waals surface area contributed by atoms with Crippen LogP contribution in [-0.2, 0) is 17.8 Å². The molecule has 4 rings (SSSR count). The maximum atomic E-state index is 13.1. The molecule has 2 fully saturated rings. The Kier molecular flexibility index (Phi) is 7.17. The number of anilines is 1. The highest BCUT2D eigenvalue weighted by atomic mass is 35.5. The van der Waals surface area contributed by atoms with Gasteiger partial charge in [-0.2, -0.15) is 0 Å².